The van der Waals surface area contributed by atoms with Crippen LogP contribution in [0.1, 0.15) is 19.0 Å². The summed E-state index contributed by atoms with van der Waals surface area (Å²) in [6.45, 7) is 4.02. The number of benzene rings is 1. The van der Waals surface area contributed by atoms with E-state index in [1.807, 2.05) is 35.7 Å². The molecular formula is C22H26N4O4S2. The van der Waals surface area contributed by atoms with Crippen LogP contribution in [0.25, 0.3) is 6.08 Å². The van der Waals surface area contributed by atoms with Crippen molar-refractivity contribution in [3.05, 3.63) is 47.5 Å². The van der Waals surface area contributed by atoms with Gasteiger partial charge in [0.15, 0.2) is 15.0 Å². The molecular weight excluding hydrogens is 448 g/mol. The first-order valence-electron chi connectivity index (χ1n) is 10.6. The van der Waals surface area contributed by atoms with Gasteiger partial charge in [0, 0.05) is 50.6 Å². The Hall–Kier alpha value is -2.56. The number of para-hydroxylation sites is 1. The lowest BCUT2D eigenvalue weighted by atomic mass is 10.2. The maximum atomic E-state index is 12.6. The van der Waals surface area contributed by atoms with Crippen molar-refractivity contribution >= 4 is 49.9 Å². The molecule has 4 rings (SSSR count). The van der Waals surface area contributed by atoms with Crippen molar-refractivity contribution < 1.29 is 18.0 Å². The molecule has 3 heterocycles. The van der Waals surface area contributed by atoms with Crippen LogP contribution in [0.15, 0.2) is 41.8 Å². The Bertz CT molecular complexity index is 1110. The molecule has 1 atom stereocenters. The molecule has 2 aliphatic heterocycles. The highest BCUT2D eigenvalue weighted by molar-refractivity contribution is 7.91. The average molecular weight is 475 g/mol. The summed E-state index contributed by atoms with van der Waals surface area (Å²) in [5, 5.41) is 2.37. The van der Waals surface area contributed by atoms with Crippen LogP contribution in [0.5, 0.6) is 0 Å². The predicted octanol–water partition coefficient (Wildman–Crippen LogP) is 2.17. The molecule has 1 unspecified atom stereocenters. The van der Waals surface area contributed by atoms with Crippen LogP contribution in [-0.2, 0) is 19.4 Å². The number of amides is 2. The highest BCUT2D eigenvalue weighted by atomic mass is 32.2. The van der Waals surface area contributed by atoms with Crippen LogP contribution < -0.4 is 4.90 Å². The van der Waals surface area contributed by atoms with E-state index >= 15 is 0 Å². The molecule has 10 heteroatoms. The van der Waals surface area contributed by atoms with Crippen LogP contribution in [0.4, 0.5) is 10.8 Å². The molecule has 170 valence electrons. The predicted molar refractivity (Wildman–Crippen MR) is 126 cm³/mol. The number of piperazine rings is 1. The van der Waals surface area contributed by atoms with Gasteiger partial charge < -0.3 is 4.90 Å². The standard InChI is InChI=1S/C22H26N4O4S2/c1-17(27)26(19-5-3-2-4-6-19)22-23-18(15-31-22)7-8-21(28)25-12-10-24(11-13-25)20-9-14-32(29,30)16-20/h2-8,15,20H,9-14,16H2,1H3. The maximum absolute atomic E-state index is 12.6. The number of aromatic nitrogens is 1. The topological polar surface area (TPSA) is 90.9 Å². The van der Waals surface area contributed by atoms with E-state index in [4.69, 9.17) is 0 Å². The number of hydrogen-bond donors (Lipinski definition) is 0. The molecule has 1 aromatic heterocycles. The van der Waals surface area contributed by atoms with Gasteiger partial charge in [-0.05, 0) is 24.6 Å². The third-order valence-electron chi connectivity index (χ3n) is 5.78. The van der Waals surface area contributed by atoms with Gasteiger partial charge in [-0.2, -0.15) is 0 Å². The molecule has 2 saturated heterocycles. The van der Waals surface area contributed by atoms with Crippen molar-refractivity contribution in [3.63, 3.8) is 0 Å². The van der Waals surface area contributed by atoms with Gasteiger partial charge in [0.2, 0.25) is 11.8 Å². The Morgan fingerprint density at radius 2 is 1.88 bits per heavy atom. The van der Waals surface area contributed by atoms with Crippen molar-refractivity contribution in [1.82, 2.24) is 14.8 Å². The number of hydrogen-bond acceptors (Lipinski definition) is 7. The second-order valence-corrected chi connectivity index (χ2v) is 11.1. The highest BCUT2D eigenvalue weighted by Gasteiger charge is 2.34. The van der Waals surface area contributed by atoms with Crippen molar-refractivity contribution in [2.75, 3.05) is 42.6 Å². The first kappa shape index (κ1) is 22.6. The average Bonchev–Trinajstić information content (AvgIpc) is 3.39. The molecule has 0 saturated carbocycles. The van der Waals surface area contributed by atoms with E-state index in [0.717, 1.165) is 5.69 Å². The first-order chi connectivity index (χ1) is 15.3. The summed E-state index contributed by atoms with van der Waals surface area (Å²) in [6, 6.07) is 9.40. The van der Waals surface area contributed by atoms with Gasteiger partial charge in [0.05, 0.1) is 22.9 Å². The van der Waals surface area contributed by atoms with Crippen molar-refractivity contribution in [1.29, 1.82) is 0 Å². The summed E-state index contributed by atoms with van der Waals surface area (Å²) in [4.78, 5) is 34.8. The third kappa shape index (κ3) is 5.25. The van der Waals surface area contributed by atoms with Gasteiger partial charge >= 0.3 is 0 Å². The molecule has 32 heavy (non-hydrogen) atoms. The third-order valence-corrected chi connectivity index (χ3v) is 8.37. The number of carbonyl (C=O) groups is 2. The van der Waals surface area contributed by atoms with Crippen molar-refractivity contribution in [3.8, 4) is 0 Å². The number of thiazole rings is 1. The van der Waals surface area contributed by atoms with Crippen molar-refractivity contribution in [2.24, 2.45) is 0 Å². The van der Waals surface area contributed by atoms with Crippen LogP contribution in [0, 0.1) is 0 Å². The fourth-order valence-corrected chi connectivity index (χ4v) is 6.71. The molecule has 1 aromatic carbocycles. The maximum Gasteiger partial charge on any atom is 0.246 e. The fourth-order valence-electron chi connectivity index (χ4n) is 4.09. The van der Waals surface area contributed by atoms with Crippen LogP contribution >= 0.6 is 11.3 Å². The fraction of sp³-hybridized carbons (Fsp3) is 0.409. The Morgan fingerprint density at radius 1 is 1.16 bits per heavy atom. The molecule has 2 aliphatic rings. The normalized spacial score (nSPS) is 21.2. The highest BCUT2D eigenvalue weighted by Crippen LogP contribution is 2.29. The van der Waals surface area contributed by atoms with E-state index in [0.29, 0.717) is 43.4 Å². The monoisotopic (exact) mass is 474 g/mol. The van der Waals surface area contributed by atoms with E-state index in [9.17, 15) is 18.0 Å². The lowest BCUT2D eigenvalue weighted by Crippen LogP contribution is -2.52. The Morgan fingerprint density at radius 3 is 2.50 bits per heavy atom. The van der Waals surface area contributed by atoms with Crippen LogP contribution in [-0.4, -0.2) is 78.7 Å². The van der Waals surface area contributed by atoms with Gasteiger partial charge in [0.25, 0.3) is 0 Å². The SMILES string of the molecule is CC(=O)N(c1ccccc1)c1nc(C=CC(=O)N2CCN(C3CCS(=O)(=O)C3)CC2)cs1. The smallest absolute Gasteiger partial charge is 0.246 e. The molecule has 0 bridgehead atoms. The van der Waals surface area contributed by atoms with E-state index in [1.165, 1.54) is 24.3 Å². The second kappa shape index (κ2) is 9.51. The minimum absolute atomic E-state index is 0.0788. The van der Waals surface area contributed by atoms with Crippen LogP contribution in [0.2, 0.25) is 0 Å². The van der Waals surface area contributed by atoms with Gasteiger partial charge in [-0.1, -0.05) is 18.2 Å². The van der Waals surface area contributed by atoms with Gasteiger partial charge in [0.1, 0.15) is 0 Å². The van der Waals surface area contributed by atoms with E-state index in [-0.39, 0.29) is 29.4 Å². The van der Waals surface area contributed by atoms with Gasteiger partial charge in [-0.25, -0.2) is 13.4 Å². The number of rotatable bonds is 5. The summed E-state index contributed by atoms with van der Waals surface area (Å²) < 4.78 is 23.4. The Balaban J connectivity index is 1.35. The molecule has 0 spiro atoms. The lowest BCUT2D eigenvalue weighted by Gasteiger charge is -2.37. The molecule has 2 amide bonds. The first-order valence-corrected chi connectivity index (χ1v) is 13.3. The number of anilines is 2. The second-order valence-electron chi connectivity index (χ2n) is 8.00. The Labute approximate surface area is 192 Å². The summed E-state index contributed by atoms with van der Waals surface area (Å²) in [7, 11) is -2.91. The minimum atomic E-state index is -2.91. The number of carbonyl (C=O) groups excluding carboxylic acids is 2. The minimum Gasteiger partial charge on any atom is -0.337 e. The molecule has 8 nitrogen and oxygen atoms in total. The Kier molecular flexibility index (Phi) is 6.73. The summed E-state index contributed by atoms with van der Waals surface area (Å²) >= 11 is 1.34. The zero-order valence-electron chi connectivity index (χ0n) is 17.9. The summed E-state index contributed by atoms with van der Waals surface area (Å²) in [6.07, 6.45) is 3.86. The van der Waals surface area contributed by atoms with E-state index in [1.54, 1.807) is 15.9 Å². The van der Waals surface area contributed by atoms with Crippen LogP contribution in [0.3, 0.4) is 0 Å². The number of sulfone groups is 1. The molecule has 0 radical (unpaired) electrons. The molecule has 2 aromatic rings. The summed E-state index contributed by atoms with van der Waals surface area (Å²) in [5.74, 6) is 0.267. The number of nitrogens with zero attached hydrogens (tertiary/aromatic N) is 4. The van der Waals surface area contributed by atoms with Gasteiger partial charge in [-0.3, -0.25) is 19.4 Å². The summed E-state index contributed by atoms with van der Waals surface area (Å²) in [5.41, 5.74) is 1.37. The zero-order valence-corrected chi connectivity index (χ0v) is 19.5. The van der Waals surface area contributed by atoms with E-state index in [2.05, 4.69) is 9.88 Å². The van der Waals surface area contributed by atoms with E-state index < -0.39 is 9.84 Å². The van der Waals surface area contributed by atoms with Crippen molar-refractivity contribution in [2.45, 2.75) is 19.4 Å². The van der Waals surface area contributed by atoms with Gasteiger partial charge in [-0.15, -0.1) is 11.3 Å². The zero-order chi connectivity index (χ0) is 22.7. The largest absolute Gasteiger partial charge is 0.337 e. The molecule has 2 fully saturated rings. The molecule has 0 aliphatic carbocycles. The molecule has 0 N–H and O–H groups in total. The quantitative estimate of drug-likeness (QED) is 0.617. The lowest BCUT2D eigenvalue weighted by molar-refractivity contribution is -0.128.